The second-order valence-electron chi connectivity index (χ2n) is 11.8. The van der Waals surface area contributed by atoms with Crippen molar-refractivity contribution in [3.63, 3.8) is 0 Å². The Hall–Kier alpha value is -4.61. The van der Waals surface area contributed by atoms with E-state index in [1.165, 1.54) is 12.1 Å². The number of aromatic nitrogens is 3. The average molecular weight is 605 g/mol. The molecule has 2 aliphatic heterocycles. The van der Waals surface area contributed by atoms with Crippen LogP contribution < -0.4 is 20.3 Å². The van der Waals surface area contributed by atoms with Crippen molar-refractivity contribution < 1.29 is 27.1 Å². The van der Waals surface area contributed by atoms with E-state index in [9.17, 15) is 18.0 Å². The third-order valence-corrected chi connectivity index (χ3v) is 9.10. The largest absolute Gasteiger partial charge is 0.489 e. The number of hydrogen-bond acceptors (Lipinski definition) is 8. The van der Waals surface area contributed by atoms with Crippen molar-refractivity contribution >= 4 is 17.4 Å². The van der Waals surface area contributed by atoms with Crippen LogP contribution in [0.1, 0.15) is 60.2 Å². The molecule has 7 rings (SSSR count). The summed E-state index contributed by atoms with van der Waals surface area (Å²) in [6.07, 6.45) is 5.56. The minimum Gasteiger partial charge on any atom is -0.489 e. The van der Waals surface area contributed by atoms with Crippen LogP contribution in [0.25, 0.3) is 0 Å². The van der Waals surface area contributed by atoms with Crippen molar-refractivity contribution in [2.75, 3.05) is 36.5 Å². The third-order valence-electron chi connectivity index (χ3n) is 9.10. The topological polar surface area (TPSA) is 105 Å². The molecule has 1 fully saturated rings. The van der Waals surface area contributed by atoms with Gasteiger partial charge in [-0.05, 0) is 71.6 Å². The van der Waals surface area contributed by atoms with Gasteiger partial charge in [0.1, 0.15) is 30.0 Å². The van der Waals surface area contributed by atoms with Crippen molar-refractivity contribution in [1.29, 1.82) is 0 Å². The smallest absolute Gasteiger partial charge is 0.238 e. The second kappa shape index (κ2) is 11.5. The van der Waals surface area contributed by atoms with Crippen LogP contribution in [0.5, 0.6) is 5.75 Å². The van der Waals surface area contributed by atoms with Crippen LogP contribution in [0.2, 0.25) is 0 Å². The van der Waals surface area contributed by atoms with Gasteiger partial charge in [-0.25, -0.2) is 18.2 Å². The van der Waals surface area contributed by atoms with Gasteiger partial charge in [-0.1, -0.05) is 12.1 Å². The van der Waals surface area contributed by atoms with E-state index in [0.29, 0.717) is 18.6 Å². The summed E-state index contributed by atoms with van der Waals surface area (Å²) >= 11 is 0. The number of pyridine rings is 1. The Kier molecular flexibility index (Phi) is 7.35. The summed E-state index contributed by atoms with van der Waals surface area (Å²) < 4.78 is 53.1. The van der Waals surface area contributed by atoms with Crippen LogP contribution in [-0.4, -0.2) is 47.3 Å². The molecule has 3 aliphatic rings. The Balaban J connectivity index is 1.06. The Bertz CT molecular complexity index is 1680. The fourth-order valence-corrected chi connectivity index (χ4v) is 6.97. The van der Waals surface area contributed by atoms with E-state index in [1.807, 2.05) is 6.07 Å². The monoisotopic (exact) mass is 604 g/mol. The maximum absolute atomic E-state index is 14.6. The molecule has 1 saturated heterocycles. The quantitative estimate of drug-likeness (QED) is 0.297. The van der Waals surface area contributed by atoms with Crippen LogP contribution in [0.3, 0.4) is 0 Å². The number of fused-ring (bicyclic) bond motifs is 3. The molecule has 1 aliphatic carbocycles. The normalized spacial score (nSPS) is 19.1. The number of hydrogen-bond donors (Lipinski definition) is 2. The van der Waals surface area contributed by atoms with Gasteiger partial charge in [0.15, 0.2) is 11.6 Å². The lowest BCUT2D eigenvalue weighted by Crippen LogP contribution is -2.42. The summed E-state index contributed by atoms with van der Waals surface area (Å²) in [6.45, 7) is 2.84. The number of nitrogens with one attached hydrogen (secondary N) is 2. The molecule has 9 nitrogen and oxygen atoms in total. The lowest BCUT2D eigenvalue weighted by atomic mass is 9.73. The van der Waals surface area contributed by atoms with Gasteiger partial charge in [0.2, 0.25) is 18.2 Å². The molecular formula is C32H31F3N6O3. The van der Waals surface area contributed by atoms with Gasteiger partial charge in [-0.15, -0.1) is 10.2 Å². The maximum atomic E-state index is 14.6. The molecule has 2 atom stereocenters. The number of piperidine rings is 1. The van der Waals surface area contributed by atoms with Gasteiger partial charge in [0.25, 0.3) is 0 Å². The van der Waals surface area contributed by atoms with E-state index in [2.05, 4.69) is 30.7 Å². The van der Waals surface area contributed by atoms with Crippen LogP contribution >= 0.6 is 0 Å². The zero-order valence-electron chi connectivity index (χ0n) is 23.9. The number of benzene rings is 2. The average Bonchev–Trinajstić information content (AvgIpc) is 3.66. The summed E-state index contributed by atoms with van der Waals surface area (Å²) in [6, 6.07) is 9.71. The first-order valence-electron chi connectivity index (χ1n) is 14.8. The van der Waals surface area contributed by atoms with Gasteiger partial charge in [0, 0.05) is 38.5 Å². The van der Waals surface area contributed by atoms with Gasteiger partial charge in [-0.2, -0.15) is 0 Å². The molecule has 4 heterocycles. The first-order chi connectivity index (χ1) is 21.4. The Morgan fingerprint density at radius 3 is 2.77 bits per heavy atom. The van der Waals surface area contributed by atoms with Crippen molar-refractivity contribution in [3.8, 4) is 5.75 Å². The Morgan fingerprint density at radius 2 is 1.98 bits per heavy atom. The van der Waals surface area contributed by atoms with Crippen LogP contribution in [0, 0.1) is 17.5 Å². The SMILES string of the molecule is O=C(C[C@@H]1CC2(CCN(c3cc4c(cn3)NCCO4)CC2)c2cc(F)ccc21)N[C@H](Cc1ccc(F)c(F)c1)c1nnco1. The molecule has 228 valence electrons. The fourth-order valence-electron chi connectivity index (χ4n) is 6.97. The minimum atomic E-state index is -0.975. The van der Waals surface area contributed by atoms with E-state index in [0.717, 1.165) is 79.4 Å². The van der Waals surface area contributed by atoms with Crippen molar-refractivity contribution in [1.82, 2.24) is 20.5 Å². The first kappa shape index (κ1) is 28.2. The van der Waals surface area contributed by atoms with Gasteiger partial charge >= 0.3 is 0 Å². The molecule has 0 bridgehead atoms. The van der Waals surface area contributed by atoms with Gasteiger partial charge in [0.05, 0.1) is 11.9 Å². The van der Waals surface area contributed by atoms with Crippen LogP contribution in [0.15, 0.2) is 59.5 Å². The number of carbonyl (C=O) groups excluding carboxylic acids is 1. The number of anilines is 2. The summed E-state index contributed by atoms with van der Waals surface area (Å²) in [5, 5.41) is 13.9. The highest BCUT2D eigenvalue weighted by molar-refractivity contribution is 5.78. The molecule has 44 heavy (non-hydrogen) atoms. The highest BCUT2D eigenvalue weighted by Gasteiger charge is 2.46. The summed E-state index contributed by atoms with van der Waals surface area (Å²) in [5.41, 5.74) is 3.05. The standard InChI is InChI=1S/C32H31F3N6O3/c33-21-2-3-22-20(13-30(42)39-26(31-40-38-18-44-31)12-19-1-4-24(34)25(35)11-19)16-32(23(22)14-21)5-8-41(9-6-32)29-15-28-27(17-37-29)36-7-10-43-28/h1-4,11,14-15,17-18,20,26,36H,5-10,12-13,16H2,(H,39,42)/t20-,26-/m1/s1. The highest BCUT2D eigenvalue weighted by Crippen LogP contribution is 2.53. The lowest BCUT2D eigenvalue weighted by molar-refractivity contribution is -0.122. The third kappa shape index (κ3) is 5.44. The van der Waals surface area contributed by atoms with Crippen molar-refractivity contribution in [2.45, 2.75) is 49.5 Å². The number of halogens is 3. The van der Waals surface area contributed by atoms with E-state index in [4.69, 9.17) is 9.15 Å². The predicted molar refractivity (Wildman–Crippen MR) is 155 cm³/mol. The van der Waals surface area contributed by atoms with Gasteiger partial charge in [-0.3, -0.25) is 4.79 Å². The van der Waals surface area contributed by atoms with E-state index >= 15 is 0 Å². The van der Waals surface area contributed by atoms with Crippen LogP contribution in [-0.2, 0) is 16.6 Å². The molecule has 0 unspecified atom stereocenters. The number of amides is 1. The number of ether oxygens (including phenoxy) is 1. The number of rotatable bonds is 7. The van der Waals surface area contributed by atoms with E-state index < -0.39 is 17.7 Å². The first-order valence-corrected chi connectivity index (χ1v) is 14.8. The second-order valence-corrected chi connectivity index (χ2v) is 11.8. The van der Waals surface area contributed by atoms with E-state index in [1.54, 1.807) is 18.3 Å². The molecule has 2 N–H and O–H groups in total. The van der Waals surface area contributed by atoms with E-state index in [-0.39, 0.29) is 41.8 Å². The summed E-state index contributed by atoms with van der Waals surface area (Å²) in [7, 11) is 0. The number of nitrogens with zero attached hydrogens (tertiary/aromatic N) is 4. The molecule has 4 aromatic rings. The minimum absolute atomic E-state index is 0.120. The summed E-state index contributed by atoms with van der Waals surface area (Å²) in [4.78, 5) is 20.4. The molecule has 0 saturated carbocycles. The predicted octanol–water partition coefficient (Wildman–Crippen LogP) is 5.20. The van der Waals surface area contributed by atoms with Gasteiger partial charge < -0.3 is 24.7 Å². The zero-order valence-corrected chi connectivity index (χ0v) is 23.9. The fraction of sp³-hybridized carbons (Fsp3) is 0.375. The molecule has 1 amide bonds. The molecule has 2 aromatic heterocycles. The molecule has 1 spiro atoms. The van der Waals surface area contributed by atoms with Crippen molar-refractivity contribution in [3.05, 3.63) is 95.1 Å². The number of carbonyl (C=O) groups is 1. The molecule has 12 heteroatoms. The Labute approximate surface area is 251 Å². The molecule has 2 aromatic carbocycles. The van der Waals surface area contributed by atoms with Crippen LogP contribution in [0.4, 0.5) is 24.7 Å². The summed E-state index contributed by atoms with van der Waals surface area (Å²) in [5.74, 6) is -0.779. The lowest BCUT2D eigenvalue weighted by Gasteiger charge is -2.41. The molecule has 0 radical (unpaired) electrons. The maximum Gasteiger partial charge on any atom is 0.238 e. The Morgan fingerprint density at radius 1 is 1.11 bits per heavy atom. The highest BCUT2D eigenvalue weighted by atomic mass is 19.2. The zero-order chi connectivity index (χ0) is 30.3. The molecular weight excluding hydrogens is 573 g/mol. The van der Waals surface area contributed by atoms with Crippen molar-refractivity contribution in [2.24, 2.45) is 0 Å².